The molecule has 23 heavy (non-hydrogen) atoms. The highest BCUT2D eigenvalue weighted by Gasteiger charge is 2.32. The van der Waals surface area contributed by atoms with Crippen LogP contribution in [-0.4, -0.2) is 62.9 Å². The molecule has 0 aromatic heterocycles. The molecule has 130 valence electrons. The van der Waals surface area contributed by atoms with Crippen LogP contribution in [0.5, 0.6) is 0 Å². The summed E-state index contributed by atoms with van der Waals surface area (Å²) in [4.78, 5) is 2.40. The van der Waals surface area contributed by atoms with Crippen LogP contribution in [0.25, 0.3) is 0 Å². The number of hydrogen-bond donors (Lipinski definition) is 1. The predicted octanol–water partition coefficient (Wildman–Crippen LogP) is 1.22. The Labute approximate surface area is 143 Å². The summed E-state index contributed by atoms with van der Waals surface area (Å²) in [6, 6.07) is 4.64. The van der Waals surface area contributed by atoms with Crippen LogP contribution in [0.2, 0.25) is 0 Å². The minimum atomic E-state index is -3.60. The zero-order valence-corrected chi connectivity index (χ0v) is 14.8. The fraction of sp³-hybridized carbons (Fsp3) is 0.600. The molecule has 0 aliphatic carbocycles. The van der Waals surface area contributed by atoms with Crippen molar-refractivity contribution in [1.29, 1.82) is 0 Å². The van der Waals surface area contributed by atoms with Gasteiger partial charge in [0.2, 0.25) is 10.0 Å². The lowest BCUT2D eigenvalue weighted by Gasteiger charge is -2.37. The minimum absolute atomic E-state index is 0. The molecule has 0 bridgehead atoms. The van der Waals surface area contributed by atoms with Gasteiger partial charge in [0.1, 0.15) is 5.82 Å². The number of piperazine rings is 1. The molecule has 1 unspecified atom stereocenters. The number of hydrogen-bond acceptors (Lipinski definition) is 4. The van der Waals surface area contributed by atoms with Gasteiger partial charge in [-0.05, 0) is 37.6 Å². The second-order valence-electron chi connectivity index (χ2n) is 6.00. The van der Waals surface area contributed by atoms with Gasteiger partial charge in [0, 0.05) is 38.8 Å². The molecule has 2 fully saturated rings. The summed E-state index contributed by atoms with van der Waals surface area (Å²) in [5.74, 6) is -0.475. The summed E-state index contributed by atoms with van der Waals surface area (Å²) in [6.45, 7) is 6.05. The van der Waals surface area contributed by atoms with Crippen molar-refractivity contribution >= 4 is 22.4 Å². The standard InChI is InChI=1S/C15H22FN3O2S.ClH/c1-12-2-3-14(10-15(12)16)22(20,21)19-8-6-18(7-9-19)13-4-5-17-11-13;/h2-3,10,13,17H,4-9,11H2,1H3;1H. The average Bonchev–Trinajstić information content (AvgIpc) is 3.04. The van der Waals surface area contributed by atoms with E-state index in [4.69, 9.17) is 0 Å². The summed E-state index contributed by atoms with van der Waals surface area (Å²) in [5.41, 5.74) is 0.456. The van der Waals surface area contributed by atoms with Crippen molar-refractivity contribution in [3.8, 4) is 0 Å². The molecule has 8 heteroatoms. The molecule has 2 saturated heterocycles. The third-order valence-corrected chi connectivity index (χ3v) is 6.50. The first-order valence-electron chi connectivity index (χ1n) is 7.69. The minimum Gasteiger partial charge on any atom is -0.315 e. The molecule has 1 N–H and O–H groups in total. The molecule has 0 radical (unpaired) electrons. The molecule has 2 aliphatic heterocycles. The van der Waals surface area contributed by atoms with Crippen LogP contribution in [0, 0.1) is 12.7 Å². The van der Waals surface area contributed by atoms with Crippen molar-refractivity contribution in [2.24, 2.45) is 0 Å². The first-order valence-corrected chi connectivity index (χ1v) is 9.13. The van der Waals surface area contributed by atoms with E-state index in [1.165, 1.54) is 16.4 Å². The zero-order chi connectivity index (χ0) is 15.7. The number of benzene rings is 1. The molecule has 3 rings (SSSR count). The predicted molar refractivity (Wildman–Crippen MR) is 90.0 cm³/mol. The Morgan fingerprint density at radius 1 is 1.22 bits per heavy atom. The Kier molecular flexibility index (Phi) is 6.02. The number of sulfonamides is 1. The van der Waals surface area contributed by atoms with Gasteiger partial charge in [-0.15, -0.1) is 12.4 Å². The summed E-state index contributed by atoms with van der Waals surface area (Å²) < 4.78 is 40.3. The number of nitrogens with zero attached hydrogens (tertiary/aromatic N) is 2. The third-order valence-electron chi connectivity index (χ3n) is 4.61. The normalized spacial score (nSPS) is 23.7. The monoisotopic (exact) mass is 363 g/mol. The molecule has 5 nitrogen and oxygen atoms in total. The fourth-order valence-electron chi connectivity index (χ4n) is 3.14. The van der Waals surface area contributed by atoms with E-state index in [1.807, 2.05) is 0 Å². The van der Waals surface area contributed by atoms with Crippen LogP contribution in [-0.2, 0) is 10.0 Å². The average molecular weight is 364 g/mol. The van der Waals surface area contributed by atoms with E-state index in [2.05, 4.69) is 10.2 Å². The summed E-state index contributed by atoms with van der Waals surface area (Å²) >= 11 is 0. The van der Waals surface area contributed by atoms with E-state index in [-0.39, 0.29) is 17.3 Å². The van der Waals surface area contributed by atoms with E-state index < -0.39 is 15.8 Å². The topological polar surface area (TPSA) is 52.7 Å². The third kappa shape index (κ3) is 3.85. The number of nitrogens with one attached hydrogen (secondary N) is 1. The Bertz CT molecular complexity index is 642. The second-order valence-corrected chi connectivity index (χ2v) is 7.94. The first kappa shape index (κ1) is 18.6. The zero-order valence-electron chi connectivity index (χ0n) is 13.2. The highest BCUT2D eigenvalue weighted by Crippen LogP contribution is 2.21. The van der Waals surface area contributed by atoms with Crippen LogP contribution in [0.4, 0.5) is 4.39 Å². The van der Waals surface area contributed by atoms with E-state index in [9.17, 15) is 12.8 Å². The SMILES string of the molecule is Cc1ccc(S(=O)(=O)N2CCN(C3CCNC3)CC2)cc1F.Cl. The van der Waals surface area contributed by atoms with E-state index in [0.717, 1.165) is 38.7 Å². The van der Waals surface area contributed by atoms with Crippen molar-refractivity contribution in [2.45, 2.75) is 24.3 Å². The molecule has 1 atom stereocenters. The molecule has 1 aromatic rings. The summed E-state index contributed by atoms with van der Waals surface area (Å²) in [6.07, 6.45) is 1.12. The van der Waals surface area contributed by atoms with E-state index >= 15 is 0 Å². The number of rotatable bonds is 3. The van der Waals surface area contributed by atoms with Crippen LogP contribution >= 0.6 is 12.4 Å². The Balaban J connectivity index is 0.00000192. The maximum Gasteiger partial charge on any atom is 0.243 e. The van der Waals surface area contributed by atoms with Crippen LogP contribution in [0.1, 0.15) is 12.0 Å². The second kappa shape index (κ2) is 7.44. The lowest BCUT2D eigenvalue weighted by Crippen LogP contribution is -2.52. The molecular formula is C15H23ClFN3O2S. The molecule has 0 spiro atoms. The Morgan fingerprint density at radius 2 is 1.91 bits per heavy atom. The molecule has 2 aliphatic rings. The quantitative estimate of drug-likeness (QED) is 0.877. The molecule has 2 heterocycles. The molecule has 0 saturated carbocycles. The van der Waals surface area contributed by atoms with Crippen molar-refractivity contribution in [1.82, 2.24) is 14.5 Å². The maximum atomic E-state index is 13.6. The molecule has 0 amide bonds. The van der Waals surface area contributed by atoms with Gasteiger partial charge >= 0.3 is 0 Å². The van der Waals surface area contributed by atoms with Gasteiger partial charge in [-0.2, -0.15) is 4.31 Å². The lowest BCUT2D eigenvalue weighted by atomic mass is 10.2. The fourth-order valence-corrected chi connectivity index (χ4v) is 4.58. The highest BCUT2D eigenvalue weighted by molar-refractivity contribution is 7.89. The lowest BCUT2D eigenvalue weighted by molar-refractivity contribution is 0.145. The summed E-state index contributed by atoms with van der Waals surface area (Å²) in [5, 5.41) is 3.33. The Morgan fingerprint density at radius 3 is 2.48 bits per heavy atom. The van der Waals surface area contributed by atoms with Crippen LogP contribution in [0.15, 0.2) is 23.1 Å². The number of aryl methyl sites for hydroxylation is 1. The van der Waals surface area contributed by atoms with Crippen LogP contribution in [0.3, 0.4) is 0 Å². The van der Waals surface area contributed by atoms with Gasteiger partial charge in [0.25, 0.3) is 0 Å². The summed E-state index contributed by atoms with van der Waals surface area (Å²) in [7, 11) is -3.60. The van der Waals surface area contributed by atoms with Gasteiger partial charge in [-0.3, -0.25) is 4.90 Å². The van der Waals surface area contributed by atoms with Gasteiger partial charge in [0.05, 0.1) is 4.90 Å². The van der Waals surface area contributed by atoms with Crippen molar-refractivity contribution < 1.29 is 12.8 Å². The number of halogens is 2. The largest absolute Gasteiger partial charge is 0.315 e. The van der Waals surface area contributed by atoms with Crippen molar-refractivity contribution in [3.63, 3.8) is 0 Å². The van der Waals surface area contributed by atoms with E-state index in [1.54, 1.807) is 6.92 Å². The first-order chi connectivity index (χ1) is 10.5. The van der Waals surface area contributed by atoms with Gasteiger partial charge in [0.15, 0.2) is 0 Å². The van der Waals surface area contributed by atoms with Gasteiger partial charge in [-0.1, -0.05) is 6.07 Å². The Hall–Kier alpha value is -0.730. The van der Waals surface area contributed by atoms with Crippen molar-refractivity contribution in [3.05, 3.63) is 29.6 Å². The van der Waals surface area contributed by atoms with E-state index in [0.29, 0.717) is 24.7 Å². The molecule has 1 aromatic carbocycles. The van der Waals surface area contributed by atoms with Gasteiger partial charge in [-0.25, -0.2) is 12.8 Å². The smallest absolute Gasteiger partial charge is 0.243 e. The van der Waals surface area contributed by atoms with Crippen LogP contribution < -0.4 is 5.32 Å². The van der Waals surface area contributed by atoms with Gasteiger partial charge < -0.3 is 5.32 Å². The van der Waals surface area contributed by atoms with Crippen molar-refractivity contribution in [2.75, 3.05) is 39.3 Å². The maximum absolute atomic E-state index is 13.6. The molecular weight excluding hydrogens is 341 g/mol. The highest BCUT2D eigenvalue weighted by atomic mass is 35.5.